The van der Waals surface area contributed by atoms with Gasteiger partial charge < -0.3 is 19.3 Å². The van der Waals surface area contributed by atoms with Gasteiger partial charge in [0.1, 0.15) is 17.5 Å². The number of hydrogen-bond acceptors (Lipinski definition) is 4. The number of rotatable bonds is 2. The van der Waals surface area contributed by atoms with Gasteiger partial charge in [-0.25, -0.2) is 9.18 Å². The zero-order chi connectivity index (χ0) is 23.6. The molecule has 2 atom stereocenters. The molecule has 0 aromatic heterocycles. The Bertz CT molecular complexity index is 1000. The molecule has 2 aliphatic rings. The molecule has 0 radical (unpaired) electrons. The van der Waals surface area contributed by atoms with Crippen LogP contribution in [0.25, 0.3) is 0 Å². The fourth-order valence-corrected chi connectivity index (χ4v) is 4.47. The zero-order valence-corrected chi connectivity index (χ0v) is 19.4. The fraction of sp³-hybridized carbons (Fsp3) is 0.462. The zero-order valence-electron chi connectivity index (χ0n) is 19.4. The minimum Gasteiger partial charge on any atom is -0.444 e. The smallest absolute Gasteiger partial charge is 0.410 e. The molecule has 0 aliphatic carbocycles. The van der Waals surface area contributed by atoms with E-state index in [1.165, 1.54) is 17.7 Å². The second-order valence-electron chi connectivity index (χ2n) is 9.55. The van der Waals surface area contributed by atoms with Crippen molar-refractivity contribution in [2.24, 2.45) is 0 Å². The summed E-state index contributed by atoms with van der Waals surface area (Å²) in [6.07, 6.45) is 0.101. The van der Waals surface area contributed by atoms with Crippen molar-refractivity contribution in [2.45, 2.75) is 51.4 Å². The Hall–Kier alpha value is -2.93. The SMILES string of the molecule is CC(C)(C)OC(=O)N1CCO[C@H](C(=O)N2CCc3ccccc3[C@@H]2c2ccc(F)cc2)CC1. The summed E-state index contributed by atoms with van der Waals surface area (Å²) >= 11 is 0. The van der Waals surface area contributed by atoms with Gasteiger partial charge in [0.2, 0.25) is 0 Å². The van der Waals surface area contributed by atoms with Gasteiger partial charge in [-0.05, 0) is 56.0 Å². The van der Waals surface area contributed by atoms with Gasteiger partial charge in [-0.1, -0.05) is 36.4 Å². The van der Waals surface area contributed by atoms with Crippen molar-refractivity contribution in [3.8, 4) is 0 Å². The maximum absolute atomic E-state index is 13.7. The van der Waals surface area contributed by atoms with Crippen molar-refractivity contribution >= 4 is 12.0 Å². The fourth-order valence-electron chi connectivity index (χ4n) is 4.47. The van der Waals surface area contributed by atoms with Crippen molar-refractivity contribution < 1.29 is 23.5 Å². The van der Waals surface area contributed by atoms with Crippen molar-refractivity contribution in [1.29, 1.82) is 0 Å². The molecular weight excluding hydrogens is 423 g/mol. The van der Waals surface area contributed by atoms with Crippen LogP contribution < -0.4 is 0 Å². The standard InChI is InChI=1S/C26H31FN2O4/c1-26(2,3)33-25(31)28-14-13-22(32-17-16-28)24(30)29-15-12-18-6-4-5-7-21(18)23(29)19-8-10-20(27)11-9-19/h4-11,22-23H,12-17H2,1-3H3/t22-,23-/m0/s1. The maximum atomic E-state index is 13.7. The molecule has 2 aromatic carbocycles. The van der Waals surface area contributed by atoms with E-state index in [0.29, 0.717) is 26.1 Å². The summed E-state index contributed by atoms with van der Waals surface area (Å²) in [7, 11) is 0. The average molecular weight is 455 g/mol. The molecule has 2 amide bonds. The first-order valence-corrected chi connectivity index (χ1v) is 11.5. The van der Waals surface area contributed by atoms with Crippen LogP contribution in [0.2, 0.25) is 0 Å². The molecule has 0 bridgehead atoms. The minimum atomic E-state index is -0.648. The van der Waals surface area contributed by atoms with E-state index >= 15 is 0 Å². The summed E-state index contributed by atoms with van der Waals surface area (Å²) in [4.78, 5) is 29.6. The van der Waals surface area contributed by atoms with Crippen molar-refractivity contribution in [3.05, 3.63) is 71.0 Å². The first-order valence-electron chi connectivity index (χ1n) is 11.5. The minimum absolute atomic E-state index is 0.107. The first kappa shape index (κ1) is 23.2. The quantitative estimate of drug-likeness (QED) is 0.678. The lowest BCUT2D eigenvalue weighted by Gasteiger charge is -2.39. The van der Waals surface area contributed by atoms with Gasteiger partial charge in [0, 0.05) is 26.1 Å². The van der Waals surface area contributed by atoms with E-state index in [-0.39, 0.29) is 24.4 Å². The van der Waals surface area contributed by atoms with Crippen LogP contribution in [0.15, 0.2) is 48.5 Å². The predicted molar refractivity (Wildman–Crippen MR) is 122 cm³/mol. The number of ether oxygens (including phenoxy) is 2. The van der Waals surface area contributed by atoms with Gasteiger partial charge in [0.05, 0.1) is 12.6 Å². The molecule has 4 rings (SSSR count). The highest BCUT2D eigenvalue weighted by Gasteiger charge is 2.37. The van der Waals surface area contributed by atoms with Crippen LogP contribution in [0, 0.1) is 5.82 Å². The lowest BCUT2D eigenvalue weighted by atomic mass is 9.87. The average Bonchev–Trinajstić information content (AvgIpc) is 3.04. The Morgan fingerprint density at radius 2 is 1.76 bits per heavy atom. The molecule has 7 heteroatoms. The van der Waals surface area contributed by atoms with E-state index < -0.39 is 17.8 Å². The van der Waals surface area contributed by atoms with Crippen LogP contribution >= 0.6 is 0 Å². The molecule has 0 spiro atoms. The van der Waals surface area contributed by atoms with Crippen LogP contribution in [-0.2, 0) is 20.7 Å². The Morgan fingerprint density at radius 3 is 2.48 bits per heavy atom. The first-order chi connectivity index (χ1) is 15.7. The molecule has 2 heterocycles. The van der Waals surface area contributed by atoms with E-state index in [1.807, 2.05) is 43.9 Å². The highest BCUT2D eigenvalue weighted by atomic mass is 19.1. The Morgan fingerprint density at radius 1 is 1.03 bits per heavy atom. The van der Waals surface area contributed by atoms with Crippen LogP contribution in [0.1, 0.15) is 49.9 Å². The molecule has 0 saturated carbocycles. The van der Waals surface area contributed by atoms with E-state index in [9.17, 15) is 14.0 Å². The van der Waals surface area contributed by atoms with Gasteiger partial charge >= 0.3 is 6.09 Å². The van der Waals surface area contributed by atoms with E-state index in [1.54, 1.807) is 17.0 Å². The maximum Gasteiger partial charge on any atom is 0.410 e. The van der Waals surface area contributed by atoms with Crippen LogP contribution in [-0.4, -0.2) is 59.7 Å². The number of hydrogen-bond donors (Lipinski definition) is 0. The van der Waals surface area contributed by atoms with E-state index in [2.05, 4.69) is 6.07 Å². The number of amides is 2. The summed E-state index contributed by atoms with van der Waals surface area (Å²) < 4.78 is 25.0. The molecule has 1 fully saturated rings. The summed E-state index contributed by atoms with van der Waals surface area (Å²) in [5.74, 6) is -0.417. The monoisotopic (exact) mass is 454 g/mol. The number of carbonyl (C=O) groups is 2. The third-order valence-corrected chi connectivity index (χ3v) is 6.02. The van der Waals surface area contributed by atoms with Gasteiger partial charge in [-0.3, -0.25) is 4.79 Å². The Balaban J connectivity index is 1.54. The van der Waals surface area contributed by atoms with E-state index in [0.717, 1.165) is 17.5 Å². The summed E-state index contributed by atoms with van der Waals surface area (Å²) in [5, 5.41) is 0. The second-order valence-corrected chi connectivity index (χ2v) is 9.55. The molecule has 1 saturated heterocycles. The number of halogens is 1. The Kier molecular flexibility index (Phi) is 6.70. The molecule has 0 unspecified atom stereocenters. The molecule has 176 valence electrons. The molecule has 2 aromatic rings. The molecule has 2 aliphatic heterocycles. The largest absolute Gasteiger partial charge is 0.444 e. The van der Waals surface area contributed by atoms with E-state index in [4.69, 9.17) is 9.47 Å². The molecular formula is C26H31FN2O4. The molecule has 6 nitrogen and oxygen atoms in total. The lowest BCUT2D eigenvalue weighted by Crippen LogP contribution is -2.46. The third kappa shape index (κ3) is 5.36. The summed E-state index contributed by atoms with van der Waals surface area (Å²) in [6.45, 7) is 7.06. The van der Waals surface area contributed by atoms with Gasteiger partial charge in [0.15, 0.2) is 0 Å². The van der Waals surface area contributed by atoms with Crippen LogP contribution in [0.5, 0.6) is 0 Å². The van der Waals surface area contributed by atoms with Crippen LogP contribution in [0.3, 0.4) is 0 Å². The topological polar surface area (TPSA) is 59.1 Å². The Labute approximate surface area is 194 Å². The third-order valence-electron chi connectivity index (χ3n) is 6.02. The highest BCUT2D eigenvalue weighted by molar-refractivity contribution is 5.82. The number of benzene rings is 2. The van der Waals surface area contributed by atoms with Crippen LogP contribution in [0.4, 0.5) is 9.18 Å². The molecule has 0 N–H and O–H groups in total. The second kappa shape index (κ2) is 9.51. The molecule has 33 heavy (non-hydrogen) atoms. The van der Waals surface area contributed by atoms with Crippen molar-refractivity contribution in [2.75, 3.05) is 26.2 Å². The van der Waals surface area contributed by atoms with Gasteiger partial charge in [-0.2, -0.15) is 0 Å². The summed E-state index contributed by atoms with van der Waals surface area (Å²) in [5.41, 5.74) is 2.52. The van der Waals surface area contributed by atoms with Crippen molar-refractivity contribution in [1.82, 2.24) is 9.80 Å². The number of fused-ring (bicyclic) bond motifs is 1. The number of carbonyl (C=O) groups excluding carboxylic acids is 2. The lowest BCUT2D eigenvalue weighted by molar-refractivity contribution is -0.145. The number of nitrogens with zero attached hydrogens (tertiary/aromatic N) is 2. The van der Waals surface area contributed by atoms with Crippen molar-refractivity contribution in [3.63, 3.8) is 0 Å². The van der Waals surface area contributed by atoms with Gasteiger partial charge in [-0.15, -0.1) is 0 Å². The normalized spacial score (nSPS) is 21.2. The predicted octanol–water partition coefficient (Wildman–Crippen LogP) is 4.33. The highest BCUT2D eigenvalue weighted by Crippen LogP contribution is 2.36. The summed E-state index contributed by atoms with van der Waals surface area (Å²) in [6, 6.07) is 14.1. The van der Waals surface area contributed by atoms with Gasteiger partial charge in [0.25, 0.3) is 5.91 Å².